The maximum absolute atomic E-state index is 12.1. The molecule has 2 aromatic rings. The summed E-state index contributed by atoms with van der Waals surface area (Å²) in [5, 5.41) is 8.16. The summed E-state index contributed by atoms with van der Waals surface area (Å²) in [6.07, 6.45) is 0. The zero-order valence-corrected chi connectivity index (χ0v) is 13.7. The van der Waals surface area contributed by atoms with Crippen LogP contribution in [0.4, 0.5) is 5.69 Å². The van der Waals surface area contributed by atoms with Gasteiger partial charge in [0.15, 0.2) is 0 Å². The molecule has 0 radical (unpaired) electrons. The summed E-state index contributed by atoms with van der Waals surface area (Å²) in [6, 6.07) is 12.2. The number of rotatable bonds is 4. The van der Waals surface area contributed by atoms with Crippen LogP contribution in [-0.4, -0.2) is 18.7 Å². The molecule has 6 heteroatoms. The number of carbonyl (C=O) groups is 1. The Balaban J connectivity index is 2.22. The Hall–Kier alpha value is -2.04. The lowest BCUT2D eigenvalue weighted by Crippen LogP contribution is -2.20. The van der Waals surface area contributed by atoms with Gasteiger partial charge in [-0.05, 0) is 37.3 Å². The lowest BCUT2D eigenvalue weighted by atomic mass is 10.1. The van der Waals surface area contributed by atoms with Crippen LogP contribution < -0.4 is 10.7 Å². The molecule has 4 nitrogen and oxygen atoms in total. The van der Waals surface area contributed by atoms with Crippen molar-refractivity contribution >= 4 is 40.5 Å². The maximum Gasteiger partial charge on any atom is 0.272 e. The highest BCUT2D eigenvalue weighted by atomic mass is 35.5. The average Bonchev–Trinajstić information content (AvgIpc) is 2.52. The summed E-state index contributed by atoms with van der Waals surface area (Å²) in [5.41, 5.74) is 5.20. The Kier molecular flexibility index (Phi) is 5.41. The fourth-order valence-corrected chi connectivity index (χ4v) is 2.33. The molecule has 0 aliphatic carbocycles. The van der Waals surface area contributed by atoms with Gasteiger partial charge in [0.1, 0.15) is 0 Å². The molecule has 0 saturated heterocycles. The Bertz CT molecular complexity index is 729. The largest absolute Gasteiger partial charge is 0.388 e. The zero-order chi connectivity index (χ0) is 16.1. The van der Waals surface area contributed by atoms with Gasteiger partial charge in [-0.15, -0.1) is 0 Å². The molecule has 0 aliphatic heterocycles. The van der Waals surface area contributed by atoms with Crippen molar-refractivity contribution in [3.63, 3.8) is 0 Å². The molecule has 0 saturated carbocycles. The molecule has 2 rings (SSSR count). The third-order valence-corrected chi connectivity index (χ3v) is 3.65. The molecule has 0 atom stereocenters. The standard InChI is InChI=1S/C16H15Cl2N3O/c1-10(13-9-11(17)7-8-15(13)19-2)20-21-16(22)12-5-3-4-6-14(12)18/h3-9,19H,1-2H3,(H,21,22)/b20-10-. The molecule has 0 aliphatic rings. The van der Waals surface area contributed by atoms with Gasteiger partial charge in [0, 0.05) is 23.3 Å². The van der Waals surface area contributed by atoms with Crippen LogP contribution in [-0.2, 0) is 0 Å². The van der Waals surface area contributed by atoms with E-state index in [1.54, 1.807) is 43.3 Å². The van der Waals surface area contributed by atoms with E-state index in [-0.39, 0.29) is 5.91 Å². The highest BCUT2D eigenvalue weighted by molar-refractivity contribution is 6.33. The first kappa shape index (κ1) is 16.3. The Morgan fingerprint density at radius 2 is 1.82 bits per heavy atom. The number of amides is 1. The molecule has 0 spiro atoms. The monoisotopic (exact) mass is 335 g/mol. The Labute approximate surface area is 139 Å². The number of halogens is 2. The van der Waals surface area contributed by atoms with Crippen LogP contribution in [0.1, 0.15) is 22.8 Å². The summed E-state index contributed by atoms with van der Waals surface area (Å²) in [4.78, 5) is 12.1. The van der Waals surface area contributed by atoms with E-state index >= 15 is 0 Å². The van der Waals surface area contributed by atoms with Gasteiger partial charge in [-0.25, -0.2) is 5.43 Å². The van der Waals surface area contributed by atoms with Crippen molar-refractivity contribution in [3.05, 3.63) is 63.6 Å². The number of nitrogens with one attached hydrogen (secondary N) is 2. The minimum absolute atomic E-state index is 0.363. The van der Waals surface area contributed by atoms with Gasteiger partial charge in [-0.1, -0.05) is 35.3 Å². The van der Waals surface area contributed by atoms with E-state index in [9.17, 15) is 4.79 Å². The summed E-state index contributed by atoms with van der Waals surface area (Å²) >= 11 is 12.0. The molecule has 2 aromatic carbocycles. The van der Waals surface area contributed by atoms with Gasteiger partial charge in [0.25, 0.3) is 5.91 Å². The van der Waals surface area contributed by atoms with E-state index in [1.165, 1.54) is 0 Å². The summed E-state index contributed by atoms with van der Waals surface area (Å²) < 4.78 is 0. The molecule has 1 amide bonds. The lowest BCUT2D eigenvalue weighted by Gasteiger charge is -2.09. The third kappa shape index (κ3) is 3.78. The minimum Gasteiger partial charge on any atom is -0.388 e. The number of hydrazone groups is 1. The van der Waals surface area contributed by atoms with Crippen LogP contribution in [0, 0.1) is 0 Å². The molecule has 0 unspecified atom stereocenters. The van der Waals surface area contributed by atoms with Crippen LogP contribution >= 0.6 is 23.2 Å². The van der Waals surface area contributed by atoms with Gasteiger partial charge in [-0.2, -0.15) is 5.10 Å². The normalized spacial score (nSPS) is 11.2. The van der Waals surface area contributed by atoms with Crippen molar-refractivity contribution in [1.29, 1.82) is 0 Å². The van der Waals surface area contributed by atoms with Crippen LogP contribution in [0.15, 0.2) is 47.6 Å². The van der Waals surface area contributed by atoms with Crippen LogP contribution in [0.2, 0.25) is 10.0 Å². The molecule has 0 bridgehead atoms. The fourth-order valence-electron chi connectivity index (χ4n) is 1.93. The molecule has 0 aromatic heterocycles. The quantitative estimate of drug-likeness (QED) is 0.650. The van der Waals surface area contributed by atoms with Crippen LogP contribution in [0.25, 0.3) is 0 Å². The van der Waals surface area contributed by atoms with Crippen molar-refractivity contribution in [3.8, 4) is 0 Å². The number of benzene rings is 2. The van der Waals surface area contributed by atoms with Gasteiger partial charge in [-0.3, -0.25) is 4.79 Å². The first-order chi connectivity index (χ1) is 10.5. The second-order valence-electron chi connectivity index (χ2n) is 4.56. The van der Waals surface area contributed by atoms with E-state index in [4.69, 9.17) is 23.2 Å². The molecule has 114 valence electrons. The van der Waals surface area contributed by atoms with E-state index in [0.717, 1.165) is 11.3 Å². The highest BCUT2D eigenvalue weighted by Gasteiger charge is 2.10. The fraction of sp³-hybridized carbons (Fsp3) is 0.125. The first-order valence-electron chi connectivity index (χ1n) is 6.59. The first-order valence-corrected chi connectivity index (χ1v) is 7.35. The maximum atomic E-state index is 12.1. The molecule has 22 heavy (non-hydrogen) atoms. The van der Waals surface area contributed by atoms with Gasteiger partial charge in [0.2, 0.25) is 0 Å². The number of nitrogens with zero attached hydrogens (tertiary/aromatic N) is 1. The van der Waals surface area contributed by atoms with Crippen molar-refractivity contribution in [2.75, 3.05) is 12.4 Å². The SMILES string of the molecule is CNc1ccc(Cl)cc1/C(C)=N\NC(=O)c1ccccc1Cl. The molecule has 0 heterocycles. The number of carbonyl (C=O) groups excluding carboxylic acids is 1. The summed E-state index contributed by atoms with van der Waals surface area (Å²) in [5.74, 6) is -0.363. The predicted molar refractivity (Wildman–Crippen MR) is 92.1 cm³/mol. The van der Waals surface area contributed by atoms with Gasteiger partial charge in [0.05, 0.1) is 16.3 Å². The van der Waals surface area contributed by atoms with Crippen LogP contribution in [0.5, 0.6) is 0 Å². The molecule has 0 fully saturated rings. The zero-order valence-electron chi connectivity index (χ0n) is 12.2. The van der Waals surface area contributed by atoms with Gasteiger partial charge < -0.3 is 5.32 Å². The number of anilines is 1. The highest BCUT2D eigenvalue weighted by Crippen LogP contribution is 2.21. The minimum atomic E-state index is -0.363. The van der Waals surface area contributed by atoms with E-state index in [1.807, 2.05) is 13.1 Å². The Morgan fingerprint density at radius 1 is 1.09 bits per heavy atom. The van der Waals surface area contributed by atoms with Crippen molar-refractivity contribution in [1.82, 2.24) is 5.43 Å². The summed E-state index contributed by atoms with van der Waals surface area (Å²) in [7, 11) is 1.81. The van der Waals surface area contributed by atoms with Crippen molar-refractivity contribution in [2.45, 2.75) is 6.92 Å². The molecular formula is C16H15Cl2N3O. The second kappa shape index (κ2) is 7.29. The van der Waals surface area contributed by atoms with E-state index < -0.39 is 0 Å². The van der Waals surface area contributed by atoms with Crippen molar-refractivity contribution < 1.29 is 4.79 Å². The predicted octanol–water partition coefficient (Wildman–Crippen LogP) is 4.19. The molecular weight excluding hydrogens is 321 g/mol. The Morgan fingerprint density at radius 3 is 2.50 bits per heavy atom. The third-order valence-electron chi connectivity index (χ3n) is 3.08. The van der Waals surface area contributed by atoms with Crippen molar-refractivity contribution in [2.24, 2.45) is 5.10 Å². The number of hydrogen-bond acceptors (Lipinski definition) is 3. The van der Waals surface area contributed by atoms with E-state index in [0.29, 0.717) is 21.3 Å². The topological polar surface area (TPSA) is 53.5 Å². The average molecular weight is 336 g/mol. The molecule has 2 N–H and O–H groups in total. The smallest absolute Gasteiger partial charge is 0.272 e. The van der Waals surface area contributed by atoms with Crippen LogP contribution in [0.3, 0.4) is 0 Å². The van der Waals surface area contributed by atoms with E-state index in [2.05, 4.69) is 15.8 Å². The second-order valence-corrected chi connectivity index (χ2v) is 5.40. The number of hydrogen-bond donors (Lipinski definition) is 2. The lowest BCUT2D eigenvalue weighted by molar-refractivity contribution is 0.0955. The summed E-state index contributed by atoms with van der Waals surface area (Å²) in [6.45, 7) is 1.79. The van der Waals surface area contributed by atoms with Gasteiger partial charge >= 0.3 is 0 Å².